The molecule has 1 fully saturated rings. The molecule has 0 unspecified atom stereocenters. The molecule has 7 heteroatoms. The van der Waals surface area contributed by atoms with E-state index in [0.717, 1.165) is 0 Å². The zero-order valence-corrected chi connectivity index (χ0v) is 11.8. The Labute approximate surface area is 116 Å². The minimum atomic E-state index is -1.21. The van der Waals surface area contributed by atoms with E-state index in [4.69, 9.17) is 4.74 Å². The maximum atomic E-state index is 12.1. The van der Waals surface area contributed by atoms with Crippen LogP contribution in [0.15, 0.2) is 15.9 Å². The first-order chi connectivity index (χ1) is 8.55. The number of hydrogen-bond acceptors (Lipinski definition) is 4. The molecule has 2 N–H and O–H groups in total. The Hall–Kier alpha value is -0.920. The molecule has 0 atom stereocenters. The van der Waals surface area contributed by atoms with Crippen LogP contribution in [0.4, 0.5) is 0 Å². The molecule has 1 amide bonds. The van der Waals surface area contributed by atoms with Gasteiger partial charge in [0.15, 0.2) is 0 Å². The van der Waals surface area contributed by atoms with Crippen molar-refractivity contribution in [3.63, 3.8) is 0 Å². The molecular weight excluding hydrogens is 322 g/mol. The lowest BCUT2D eigenvalue weighted by atomic mass is 9.90. The predicted octanol–water partition coefficient (Wildman–Crippen LogP) is 1.87. The Bertz CT molecular complexity index is 467. The first kappa shape index (κ1) is 13.5. The maximum Gasteiger partial charge on any atom is 0.329 e. The summed E-state index contributed by atoms with van der Waals surface area (Å²) in [4.78, 5) is 23.9. The Morgan fingerprint density at radius 3 is 2.61 bits per heavy atom. The molecule has 1 aliphatic heterocycles. The minimum Gasteiger partial charge on any atom is -0.480 e. The molecule has 1 saturated heterocycles. The van der Waals surface area contributed by atoms with Gasteiger partial charge in [0.1, 0.15) is 10.4 Å². The van der Waals surface area contributed by atoms with Crippen LogP contribution in [-0.2, 0) is 9.53 Å². The molecule has 0 spiro atoms. The Morgan fingerprint density at radius 2 is 2.11 bits per heavy atom. The summed E-state index contributed by atoms with van der Waals surface area (Å²) >= 11 is 4.54. The molecule has 98 valence electrons. The largest absolute Gasteiger partial charge is 0.480 e. The summed E-state index contributed by atoms with van der Waals surface area (Å²) in [6, 6.07) is 1.76. The van der Waals surface area contributed by atoms with Gasteiger partial charge >= 0.3 is 5.97 Å². The fraction of sp³-hybridized carbons (Fsp3) is 0.455. The average molecular weight is 334 g/mol. The molecule has 5 nitrogen and oxygen atoms in total. The molecule has 0 aliphatic carbocycles. The van der Waals surface area contributed by atoms with Gasteiger partial charge in [0, 0.05) is 30.5 Å². The molecule has 0 radical (unpaired) electrons. The SMILES string of the molecule is O=C(NC1(C(=O)O)CCOCC1)c1sccc1Br. The number of nitrogens with one attached hydrogen (secondary N) is 1. The number of halogens is 1. The maximum absolute atomic E-state index is 12.1. The molecule has 0 bridgehead atoms. The smallest absolute Gasteiger partial charge is 0.329 e. The van der Waals surface area contributed by atoms with E-state index in [9.17, 15) is 14.7 Å². The van der Waals surface area contributed by atoms with Crippen LogP contribution in [0, 0.1) is 0 Å². The summed E-state index contributed by atoms with van der Waals surface area (Å²) < 4.78 is 5.83. The van der Waals surface area contributed by atoms with Crippen LogP contribution in [-0.4, -0.2) is 35.7 Å². The number of carbonyl (C=O) groups excluding carboxylic acids is 1. The predicted molar refractivity (Wildman–Crippen MR) is 69.9 cm³/mol. The van der Waals surface area contributed by atoms with Crippen molar-refractivity contribution in [3.05, 3.63) is 20.8 Å². The topological polar surface area (TPSA) is 75.6 Å². The Kier molecular flexibility index (Phi) is 4.04. The van der Waals surface area contributed by atoms with Crippen LogP contribution in [0.25, 0.3) is 0 Å². The van der Waals surface area contributed by atoms with Gasteiger partial charge in [-0.2, -0.15) is 0 Å². The second-order valence-corrected chi connectivity index (χ2v) is 5.82. The van der Waals surface area contributed by atoms with E-state index in [1.54, 1.807) is 11.4 Å². The van der Waals surface area contributed by atoms with Crippen molar-refractivity contribution in [2.24, 2.45) is 0 Å². The highest BCUT2D eigenvalue weighted by Gasteiger charge is 2.42. The Morgan fingerprint density at radius 1 is 1.44 bits per heavy atom. The van der Waals surface area contributed by atoms with E-state index >= 15 is 0 Å². The van der Waals surface area contributed by atoms with Crippen molar-refractivity contribution in [2.45, 2.75) is 18.4 Å². The number of hydrogen-bond donors (Lipinski definition) is 2. The van der Waals surface area contributed by atoms with Gasteiger partial charge in [-0.05, 0) is 27.4 Å². The van der Waals surface area contributed by atoms with Gasteiger partial charge in [0.05, 0.1) is 0 Å². The third kappa shape index (κ3) is 2.57. The molecule has 2 heterocycles. The van der Waals surface area contributed by atoms with Crippen molar-refractivity contribution in [1.29, 1.82) is 0 Å². The van der Waals surface area contributed by atoms with E-state index in [-0.39, 0.29) is 18.7 Å². The van der Waals surface area contributed by atoms with E-state index in [2.05, 4.69) is 21.2 Å². The summed E-state index contributed by atoms with van der Waals surface area (Å²) in [6.07, 6.45) is 0.578. The van der Waals surface area contributed by atoms with Gasteiger partial charge in [-0.1, -0.05) is 0 Å². The third-order valence-corrected chi connectivity index (χ3v) is 4.77. The molecule has 2 rings (SSSR count). The van der Waals surface area contributed by atoms with Gasteiger partial charge in [-0.15, -0.1) is 11.3 Å². The number of carbonyl (C=O) groups is 2. The van der Waals surface area contributed by atoms with Crippen LogP contribution in [0.3, 0.4) is 0 Å². The van der Waals surface area contributed by atoms with Gasteiger partial charge in [-0.25, -0.2) is 4.79 Å². The lowest BCUT2D eigenvalue weighted by Crippen LogP contribution is -2.57. The standard InChI is InChI=1S/C11H12BrNO4S/c12-7-1-6-18-8(7)9(14)13-11(10(15)16)2-4-17-5-3-11/h1,6H,2-5H2,(H,13,14)(H,15,16). The van der Waals surface area contributed by atoms with Crippen molar-refractivity contribution in [2.75, 3.05) is 13.2 Å². The number of carboxylic acids is 1. The van der Waals surface area contributed by atoms with Crippen LogP contribution >= 0.6 is 27.3 Å². The highest BCUT2D eigenvalue weighted by molar-refractivity contribution is 9.10. The summed E-state index contributed by atoms with van der Waals surface area (Å²) in [6.45, 7) is 0.691. The van der Waals surface area contributed by atoms with Crippen molar-refractivity contribution >= 4 is 39.1 Å². The van der Waals surface area contributed by atoms with Gasteiger partial charge in [0.25, 0.3) is 5.91 Å². The van der Waals surface area contributed by atoms with E-state index in [1.807, 2.05) is 0 Å². The first-order valence-corrected chi connectivity index (χ1v) is 7.09. The summed E-state index contributed by atoms with van der Waals surface area (Å²) in [7, 11) is 0. The van der Waals surface area contributed by atoms with Gasteiger partial charge < -0.3 is 15.2 Å². The second kappa shape index (κ2) is 5.38. The van der Waals surface area contributed by atoms with Crippen molar-refractivity contribution in [3.8, 4) is 0 Å². The van der Waals surface area contributed by atoms with E-state index in [0.29, 0.717) is 22.6 Å². The minimum absolute atomic E-state index is 0.289. The van der Waals surface area contributed by atoms with Crippen LogP contribution in [0.1, 0.15) is 22.5 Å². The monoisotopic (exact) mass is 333 g/mol. The second-order valence-electron chi connectivity index (χ2n) is 4.05. The number of aliphatic carboxylic acids is 1. The Balaban J connectivity index is 2.17. The van der Waals surface area contributed by atoms with Crippen molar-refractivity contribution < 1.29 is 19.4 Å². The molecule has 1 aliphatic rings. The lowest BCUT2D eigenvalue weighted by Gasteiger charge is -2.33. The fourth-order valence-corrected chi connectivity index (χ4v) is 3.29. The zero-order valence-electron chi connectivity index (χ0n) is 9.44. The number of ether oxygens (including phenoxy) is 1. The molecular formula is C11H12BrNO4S. The summed E-state index contributed by atoms with van der Waals surface area (Å²) in [5.74, 6) is -1.37. The molecule has 0 aromatic carbocycles. The third-order valence-electron chi connectivity index (χ3n) is 2.93. The highest BCUT2D eigenvalue weighted by Crippen LogP contribution is 2.26. The molecule has 1 aromatic heterocycles. The molecule has 18 heavy (non-hydrogen) atoms. The van der Waals surface area contributed by atoms with Gasteiger partial charge in [0.2, 0.25) is 0 Å². The summed E-state index contributed by atoms with van der Waals surface area (Å²) in [5, 5.41) is 13.7. The highest BCUT2D eigenvalue weighted by atomic mass is 79.9. The zero-order chi connectivity index (χ0) is 13.2. The van der Waals surface area contributed by atoms with Crippen LogP contribution in [0.2, 0.25) is 0 Å². The first-order valence-electron chi connectivity index (χ1n) is 5.42. The number of carboxylic acid groups (broad SMARTS) is 1. The fourth-order valence-electron chi connectivity index (χ4n) is 1.84. The normalized spacial score (nSPS) is 18.3. The van der Waals surface area contributed by atoms with Crippen LogP contribution < -0.4 is 5.32 Å². The van der Waals surface area contributed by atoms with E-state index < -0.39 is 11.5 Å². The summed E-state index contributed by atoms with van der Waals surface area (Å²) in [5.41, 5.74) is -1.21. The lowest BCUT2D eigenvalue weighted by molar-refractivity contribution is -0.148. The number of amides is 1. The van der Waals surface area contributed by atoms with E-state index in [1.165, 1.54) is 11.3 Å². The van der Waals surface area contributed by atoms with Crippen LogP contribution in [0.5, 0.6) is 0 Å². The molecule has 1 aromatic rings. The van der Waals surface area contributed by atoms with Crippen molar-refractivity contribution in [1.82, 2.24) is 5.32 Å². The number of thiophene rings is 1. The number of rotatable bonds is 3. The molecule has 0 saturated carbocycles. The average Bonchev–Trinajstić information content (AvgIpc) is 2.76. The quantitative estimate of drug-likeness (QED) is 0.885. The van der Waals surface area contributed by atoms with Gasteiger partial charge in [-0.3, -0.25) is 4.79 Å².